The predicted octanol–water partition coefficient (Wildman–Crippen LogP) is -0.292. The fourth-order valence-electron chi connectivity index (χ4n) is 0.784. The van der Waals surface area contributed by atoms with Crippen molar-refractivity contribution in [1.82, 2.24) is 9.97 Å². The monoisotopic (exact) mass is 233 g/mol. The van der Waals surface area contributed by atoms with Gasteiger partial charge in [-0.2, -0.15) is 0 Å². The fraction of sp³-hybridized carbons (Fsp3) is 0.429. The van der Waals surface area contributed by atoms with E-state index in [2.05, 4.69) is 9.97 Å². The summed E-state index contributed by atoms with van der Waals surface area (Å²) in [5.41, 5.74) is 5.40. The number of ether oxygens (including phenoxy) is 2. The van der Waals surface area contributed by atoms with Crippen LogP contribution < -0.4 is 10.5 Å². The highest BCUT2D eigenvalue weighted by atomic mass is 31.2. The zero-order chi connectivity index (χ0) is 11.1. The SMILES string of the molecule is Nc1cc(OCCOCP(O)O)ncn1. The number of hydrogen-bond donors (Lipinski definition) is 3. The molecule has 0 unspecified atom stereocenters. The quantitative estimate of drug-likeness (QED) is 0.457. The average Bonchev–Trinajstić information content (AvgIpc) is 2.17. The summed E-state index contributed by atoms with van der Waals surface area (Å²) in [6, 6.07) is 1.49. The Kier molecular flexibility index (Phi) is 5.20. The Morgan fingerprint density at radius 1 is 1.33 bits per heavy atom. The normalized spacial score (nSPS) is 10.6. The van der Waals surface area contributed by atoms with E-state index >= 15 is 0 Å². The lowest BCUT2D eigenvalue weighted by Crippen LogP contribution is -2.08. The molecule has 0 aromatic carbocycles. The van der Waals surface area contributed by atoms with E-state index in [4.69, 9.17) is 25.0 Å². The molecular weight excluding hydrogens is 221 g/mol. The van der Waals surface area contributed by atoms with E-state index in [0.717, 1.165) is 0 Å². The van der Waals surface area contributed by atoms with Gasteiger partial charge < -0.3 is 25.0 Å². The zero-order valence-electron chi connectivity index (χ0n) is 7.91. The first-order chi connectivity index (χ1) is 7.18. The smallest absolute Gasteiger partial charge is 0.218 e. The van der Waals surface area contributed by atoms with E-state index in [0.29, 0.717) is 11.7 Å². The first kappa shape index (κ1) is 12.1. The van der Waals surface area contributed by atoms with Crippen LogP contribution in [0, 0.1) is 0 Å². The molecule has 0 saturated carbocycles. The van der Waals surface area contributed by atoms with E-state index in [1.807, 2.05) is 0 Å². The third-order valence-corrected chi connectivity index (χ3v) is 1.76. The molecule has 4 N–H and O–H groups in total. The molecule has 1 aromatic rings. The van der Waals surface area contributed by atoms with Gasteiger partial charge in [0.25, 0.3) is 0 Å². The summed E-state index contributed by atoms with van der Waals surface area (Å²) >= 11 is 0. The number of rotatable bonds is 6. The molecule has 1 aromatic heterocycles. The van der Waals surface area contributed by atoms with Crippen molar-refractivity contribution >= 4 is 14.2 Å². The van der Waals surface area contributed by atoms with Crippen LogP contribution >= 0.6 is 8.38 Å². The Balaban J connectivity index is 2.15. The van der Waals surface area contributed by atoms with Crippen molar-refractivity contribution in [2.75, 3.05) is 25.3 Å². The molecule has 0 bridgehead atoms. The molecule has 84 valence electrons. The van der Waals surface area contributed by atoms with Crippen LogP contribution in [0.3, 0.4) is 0 Å². The van der Waals surface area contributed by atoms with Crippen LogP contribution in [0.2, 0.25) is 0 Å². The zero-order valence-corrected chi connectivity index (χ0v) is 8.80. The van der Waals surface area contributed by atoms with E-state index in [1.54, 1.807) is 0 Å². The summed E-state index contributed by atoms with van der Waals surface area (Å²) in [5, 5.41) is 0. The van der Waals surface area contributed by atoms with Crippen LogP contribution in [0.5, 0.6) is 5.88 Å². The lowest BCUT2D eigenvalue weighted by atomic mass is 10.6. The summed E-state index contributed by atoms with van der Waals surface area (Å²) in [6.07, 6.45) is 1.22. The molecule has 15 heavy (non-hydrogen) atoms. The second-order valence-corrected chi connectivity index (χ2v) is 3.54. The molecule has 1 rings (SSSR count). The largest absolute Gasteiger partial charge is 0.475 e. The third kappa shape index (κ3) is 5.44. The maximum absolute atomic E-state index is 8.52. The average molecular weight is 233 g/mol. The van der Waals surface area contributed by atoms with Gasteiger partial charge in [-0.25, -0.2) is 9.97 Å². The lowest BCUT2D eigenvalue weighted by molar-refractivity contribution is 0.124. The van der Waals surface area contributed by atoms with E-state index in [1.165, 1.54) is 12.4 Å². The molecule has 0 saturated heterocycles. The maximum atomic E-state index is 8.52. The highest BCUT2D eigenvalue weighted by molar-refractivity contribution is 7.44. The molecule has 0 aliphatic heterocycles. The Labute approximate surface area is 87.8 Å². The second kappa shape index (κ2) is 6.47. The molecule has 1 heterocycles. The Bertz CT molecular complexity index is 299. The first-order valence-corrected chi connectivity index (χ1v) is 5.55. The number of aromatic nitrogens is 2. The molecular formula is C7H12N3O4P. The molecule has 0 aliphatic rings. The van der Waals surface area contributed by atoms with E-state index < -0.39 is 8.38 Å². The van der Waals surface area contributed by atoms with Gasteiger partial charge in [0, 0.05) is 6.07 Å². The van der Waals surface area contributed by atoms with E-state index in [9.17, 15) is 0 Å². The number of nitrogen functional groups attached to an aromatic ring is 1. The number of nitrogens with zero attached hydrogens (tertiary/aromatic N) is 2. The number of anilines is 1. The van der Waals surface area contributed by atoms with Gasteiger partial charge in [0.15, 0.2) is 8.38 Å². The van der Waals surface area contributed by atoms with Crippen molar-refractivity contribution in [2.24, 2.45) is 0 Å². The van der Waals surface area contributed by atoms with Gasteiger partial charge in [-0.3, -0.25) is 0 Å². The molecule has 0 atom stereocenters. The molecule has 0 spiro atoms. The van der Waals surface area contributed by atoms with Crippen LogP contribution in [0.4, 0.5) is 5.82 Å². The predicted molar refractivity (Wildman–Crippen MR) is 54.1 cm³/mol. The number of nitrogens with two attached hydrogens (primary N) is 1. The van der Waals surface area contributed by atoms with Crippen LogP contribution in [0.1, 0.15) is 0 Å². The van der Waals surface area contributed by atoms with Crippen LogP contribution in [0.15, 0.2) is 12.4 Å². The van der Waals surface area contributed by atoms with Gasteiger partial charge >= 0.3 is 0 Å². The topological polar surface area (TPSA) is 111 Å². The minimum atomic E-state index is -2.00. The molecule has 0 radical (unpaired) electrons. The van der Waals surface area contributed by atoms with Crippen LogP contribution in [-0.2, 0) is 4.74 Å². The van der Waals surface area contributed by atoms with Crippen molar-refractivity contribution in [3.05, 3.63) is 12.4 Å². The fourth-order valence-corrected chi connectivity index (χ4v) is 1.08. The van der Waals surface area contributed by atoms with E-state index in [-0.39, 0.29) is 19.6 Å². The number of hydrogen-bond acceptors (Lipinski definition) is 7. The first-order valence-electron chi connectivity index (χ1n) is 4.12. The van der Waals surface area contributed by atoms with Crippen molar-refractivity contribution in [3.63, 3.8) is 0 Å². The van der Waals surface area contributed by atoms with Crippen molar-refractivity contribution in [2.45, 2.75) is 0 Å². The highest BCUT2D eigenvalue weighted by Crippen LogP contribution is 2.21. The minimum absolute atomic E-state index is 0.0788. The standard InChI is InChI=1S/C7H12N3O4P/c8-6-3-7(10-4-9-6)14-2-1-13-5-15(11)12/h3-4,11-12H,1-2,5H2,(H2,8,9,10). The van der Waals surface area contributed by atoms with Gasteiger partial charge in [0.1, 0.15) is 25.1 Å². The van der Waals surface area contributed by atoms with Crippen molar-refractivity contribution in [3.8, 4) is 5.88 Å². The van der Waals surface area contributed by atoms with Gasteiger partial charge in [0.05, 0.1) is 6.61 Å². The van der Waals surface area contributed by atoms with Gasteiger partial charge in [-0.1, -0.05) is 0 Å². The van der Waals surface area contributed by atoms with Crippen LogP contribution in [0.25, 0.3) is 0 Å². The second-order valence-electron chi connectivity index (χ2n) is 2.54. The summed E-state index contributed by atoms with van der Waals surface area (Å²) in [7, 11) is -2.00. The third-order valence-electron chi connectivity index (χ3n) is 1.35. The summed E-state index contributed by atoms with van der Waals surface area (Å²) < 4.78 is 10.0. The van der Waals surface area contributed by atoms with Crippen LogP contribution in [-0.4, -0.2) is 39.3 Å². The lowest BCUT2D eigenvalue weighted by Gasteiger charge is -2.06. The summed E-state index contributed by atoms with van der Waals surface area (Å²) in [5.74, 6) is 0.691. The van der Waals surface area contributed by atoms with Gasteiger partial charge in [-0.05, 0) is 0 Å². The molecule has 0 aliphatic carbocycles. The molecule has 8 heteroatoms. The molecule has 0 fully saturated rings. The minimum Gasteiger partial charge on any atom is -0.475 e. The van der Waals surface area contributed by atoms with Crippen molar-refractivity contribution < 1.29 is 19.3 Å². The summed E-state index contributed by atoms with van der Waals surface area (Å²) in [6.45, 7) is 0.517. The van der Waals surface area contributed by atoms with Gasteiger partial charge in [-0.15, -0.1) is 0 Å². The maximum Gasteiger partial charge on any atom is 0.218 e. The van der Waals surface area contributed by atoms with Gasteiger partial charge in [0.2, 0.25) is 5.88 Å². The molecule has 0 amide bonds. The Morgan fingerprint density at radius 2 is 2.13 bits per heavy atom. The van der Waals surface area contributed by atoms with Crippen molar-refractivity contribution in [1.29, 1.82) is 0 Å². The Hall–Kier alpha value is -1.01. The highest BCUT2D eigenvalue weighted by Gasteiger charge is 1.99. The Morgan fingerprint density at radius 3 is 2.80 bits per heavy atom. The summed E-state index contributed by atoms with van der Waals surface area (Å²) in [4.78, 5) is 24.6. The molecule has 7 nitrogen and oxygen atoms in total.